The van der Waals surface area contributed by atoms with E-state index in [-0.39, 0.29) is 29.2 Å². The number of carbonyl (C=O) groups is 2. The van der Waals surface area contributed by atoms with E-state index >= 15 is 0 Å². The van der Waals surface area contributed by atoms with E-state index in [2.05, 4.69) is 0 Å². The van der Waals surface area contributed by atoms with E-state index in [1.807, 2.05) is 0 Å². The fourth-order valence-electron chi connectivity index (χ4n) is 6.07. The van der Waals surface area contributed by atoms with Crippen LogP contribution in [0.25, 0.3) is 0 Å². The zero-order valence-electron chi connectivity index (χ0n) is 15.6. The second-order valence-corrected chi connectivity index (χ2v) is 8.94. The SMILES string of the molecule is Cc1ccc(C(=O)COC(=O)CC23CC4CC(CC(C4)C2)C3)cc1[N+](=O)[O-]. The number of ketones is 1. The predicted octanol–water partition coefficient (Wildman–Crippen LogP) is 4.24. The number of nitro benzene ring substituents is 1. The average molecular weight is 371 g/mol. The lowest BCUT2D eigenvalue weighted by atomic mass is 9.49. The van der Waals surface area contributed by atoms with Crippen LogP contribution in [0.3, 0.4) is 0 Å². The molecule has 4 aliphatic rings. The van der Waals surface area contributed by atoms with Crippen LogP contribution in [0.15, 0.2) is 18.2 Å². The predicted molar refractivity (Wildman–Crippen MR) is 98.3 cm³/mol. The maximum absolute atomic E-state index is 12.4. The van der Waals surface area contributed by atoms with Gasteiger partial charge in [0.1, 0.15) is 0 Å². The highest BCUT2D eigenvalue weighted by Crippen LogP contribution is 2.61. The Hall–Kier alpha value is -2.24. The van der Waals surface area contributed by atoms with Crippen LogP contribution in [-0.2, 0) is 9.53 Å². The quantitative estimate of drug-likeness (QED) is 0.323. The third-order valence-corrected chi connectivity index (χ3v) is 6.78. The van der Waals surface area contributed by atoms with Crippen LogP contribution >= 0.6 is 0 Å². The molecule has 0 aliphatic heterocycles. The summed E-state index contributed by atoms with van der Waals surface area (Å²) in [7, 11) is 0. The zero-order chi connectivity index (χ0) is 19.2. The van der Waals surface area contributed by atoms with Gasteiger partial charge in [-0.15, -0.1) is 0 Å². The zero-order valence-corrected chi connectivity index (χ0v) is 15.6. The summed E-state index contributed by atoms with van der Waals surface area (Å²) in [5.41, 5.74) is 0.684. The lowest BCUT2D eigenvalue weighted by Gasteiger charge is -2.56. The Kier molecular flexibility index (Phi) is 4.52. The summed E-state index contributed by atoms with van der Waals surface area (Å²) in [6.45, 7) is 1.27. The summed E-state index contributed by atoms with van der Waals surface area (Å²) < 4.78 is 5.27. The van der Waals surface area contributed by atoms with E-state index < -0.39 is 10.7 Å². The number of esters is 1. The molecule has 0 N–H and O–H groups in total. The number of benzene rings is 1. The van der Waals surface area contributed by atoms with Gasteiger partial charge in [-0.2, -0.15) is 0 Å². The van der Waals surface area contributed by atoms with Gasteiger partial charge in [0, 0.05) is 17.2 Å². The molecule has 4 fully saturated rings. The summed E-state index contributed by atoms with van der Waals surface area (Å²) in [5, 5.41) is 11.0. The first kappa shape index (κ1) is 18.1. The summed E-state index contributed by atoms with van der Waals surface area (Å²) in [6, 6.07) is 4.34. The van der Waals surface area contributed by atoms with Crippen molar-refractivity contribution in [1.29, 1.82) is 0 Å². The van der Waals surface area contributed by atoms with Crippen molar-refractivity contribution in [2.24, 2.45) is 23.2 Å². The molecule has 0 spiro atoms. The van der Waals surface area contributed by atoms with Crippen LogP contribution < -0.4 is 0 Å². The van der Waals surface area contributed by atoms with E-state index in [1.165, 1.54) is 31.4 Å². The van der Waals surface area contributed by atoms with Gasteiger partial charge in [-0.05, 0) is 68.6 Å². The number of hydrogen-bond donors (Lipinski definition) is 0. The van der Waals surface area contributed by atoms with Crippen molar-refractivity contribution in [3.8, 4) is 0 Å². The van der Waals surface area contributed by atoms with Crippen LogP contribution in [-0.4, -0.2) is 23.3 Å². The minimum Gasteiger partial charge on any atom is -0.457 e. The van der Waals surface area contributed by atoms with Crippen LogP contribution in [0.1, 0.15) is 60.9 Å². The number of rotatable bonds is 6. The highest BCUT2D eigenvalue weighted by molar-refractivity contribution is 5.98. The highest BCUT2D eigenvalue weighted by atomic mass is 16.6. The number of nitrogens with zero attached hydrogens (tertiary/aromatic N) is 1. The molecule has 6 nitrogen and oxygen atoms in total. The molecule has 1 aromatic carbocycles. The molecule has 6 heteroatoms. The standard InChI is InChI=1S/C21H25NO5/c1-13-2-3-17(7-18(13)22(25)26)19(23)12-27-20(24)11-21-8-14-4-15(9-21)6-16(5-14)10-21/h2-3,7,14-16H,4-6,8-12H2,1H3. The Labute approximate surface area is 158 Å². The Bertz CT molecular complexity index is 764. The molecule has 1 aromatic rings. The molecule has 4 bridgehead atoms. The fourth-order valence-corrected chi connectivity index (χ4v) is 6.07. The minimum absolute atomic E-state index is 0.0809. The smallest absolute Gasteiger partial charge is 0.306 e. The summed E-state index contributed by atoms with van der Waals surface area (Å²) >= 11 is 0. The van der Waals surface area contributed by atoms with Crippen LogP contribution in [0.2, 0.25) is 0 Å². The second kappa shape index (κ2) is 6.73. The molecule has 0 saturated heterocycles. The van der Waals surface area contributed by atoms with Crippen molar-refractivity contribution in [1.82, 2.24) is 0 Å². The first-order valence-electron chi connectivity index (χ1n) is 9.77. The monoisotopic (exact) mass is 371 g/mol. The average Bonchev–Trinajstić information content (AvgIpc) is 2.58. The minimum atomic E-state index is -0.509. The highest BCUT2D eigenvalue weighted by Gasteiger charge is 2.51. The molecule has 0 heterocycles. The van der Waals surface area contributed by atoms with Crippen molar-refractivity contribution in [2.45, 2.75) is 51.9 Å². The number of carbonyl (C=O) groups excluding carboxylic acids is 2. The summed E-state index contributed by atoms with van der Waals surface area (Å²) in [4.78, 5) is 35.2. The van der Waals surface area contributed by atoms with Gasteiger partial charge >= 0.3 is 5.97 Å². The molecule has 0 amide bonds. The Morgan fingerprint density at radius 3 is 2.30 bits per heavy atom. The summed E-state index contributed by atoms with van der Waals surface area (Å²) in [5.74, 6) is 1.57. The van der Waals surface area contributed by atoms with Crippen LogP contribution in [0.4, 0.5) is 5.69 Å². The molecule has 0 aromatic heterocycles. The fraction of sp³-hybridized carbons (Fsp3) is 0.619. The van der Waals surface area contributed by atoms with Gasteiger partial charge in [0.05, 0.1) is 11.3 Å². The second-order valence-electron chi connectivity index (χ2n) is 8.94. The van der Waals surface area contributed by atoms with E-state index in [0.717, 1.165) is 37.0 Å². The van der Waals surface area contributed by atoms with E-state index in [0.29, 0.717) is 12.0 Å². The van der Waals surface area contributed by atoms with Crippen molar-refractivity contribution < 1.29 is 19.2 Å². The third kappa shape index (κ3) is 3.62. The lowest BCUT2D eigenvalue weighted by molar-refractivity contribution is -0.385. The summed E-state index contributed by atoms with van der Waals surface area (Å²) in [6.07, 6.45) is 7.71. The van der Waals surface area contributed by atoms with Gasteiger partial charge in [0.2, 0.25) is 5.78 Å². The largest absolute Gasteiger partial charge is 0.457 e. The normalized spacial score (nSPS) is 30.9. The van der Waals surface area contributed by atoms with Crippen molar-refractivity contribution in [3.63, 3.8) is 0 Å². The van der Waals surface area contributed by atoms with Crippen LogP contribution in [0, 0.1) is 40.2 Å². The Morgan fingerprint density at radius 1 is 1.15 bits per heavy atom. The number of Topliss-reactive ketones (excluding diaryl/α,β-unsaturated/α-hetero) is 1. The molecule has 0 unspecified atom stereocenters. The number of hydrogen-bond acceptors (Lipinski definition) is 5. The molecular formula is C21H25NO5. The molecule has 144 valence electrons. The topological polar surface area (TPSA) is 86.5 Å². The maximum Gasteiger partial charge on any atom is 0.306 e. The Morgan fingerprint density at radius 2 is 1.74 bits per heavy atom. The molecule has 4 saturated carbocycles. The third-order valence-electron chi connectivity index (χ3n) is 6.78. The number of ether oxygens (including phenoxy) is 1. The lowest BCUT2D eigenvalue weighted by Crippen LogP contribution is -2.47. The van der Waals surface area contributed by atoms with Crippen molar-refractivity contribution >= 4 is 17.4 Å². The van der Waals surface area contributed by atoms with E-state index in [9.17, 15) is 19.7 Å². The first-order valence-corrected chi connectivity index (χ1v) is 9.77. The van der Waals surface area contributed by atoms with Gasteiger partial charge in [-0.25, -0.2) is 0 Å². The van der Waals surface area contributed by atoms with Crippen molar-refractivity contribution in [3.05, 3.63) is 39.4 Å². The number of nitro groups is 1. The van der Waals surface area contributed by atoms with Gasteiger partial charge in [-0.3, -0.25) is 19.7 Å². The maximum atomic E-state index is 12.4. The van der Waals surface area contributed by atoms with Crippen LogP contribution in [0.5, 0.6) is 0 Å². The van der Waals surface area contributed by atoms with E-state index in [1.54, 1.807) is 13.0 Å². The van der Waals surface area contributed by atoms with Crippen molar-refractivity contribution in [2.75, 3.05) is 6.61 Å². The number of aryl methyl sites for hydroxylation is 1. The van der Waals surface area contributed by atoms with E-state index in [4.69, 9.17) is 4.74 Å². The molecule has 27 heavy (non-hydrogen) atoms. The first-order chi connectivity index (χ1) is 12.8. The van der Waals surface area contributed by atoms with Gasteiger partial charge in [-0.1, -0.05) is 12.1 Å². The van der Waals surface area contributed by atoms with Gasteiger partial charge in [0.15, 0.2) is 6.61 Å². The molecule has 4 aliphatic carbocycles. The van der Waals surface area contributed by atoms with Gasteiger partial charge < -0.3 is 4.74 Å². The Balaban J connectivity index is 1.35. The molecule has 0 radical (unpaired) electrons. The molecule has 0 atom stereocenters. The molecule has 5 rings (SSSR count). The molecular weight excluding hydrogens is 346 g/mol. The van der Waals surface area contributed by atoms with Gasteiger partial charge in [0.25, 0.3) is 5.69 Å².